The SMILES string of the molecule is COC(CN[C@H]1CCN[C@H]1Cc1cccc(-c2cccc(F)c2)c1)N(C)C. The zero-order valence-electron chi connectivity index (χ0n) is 16.4. The second-order valence-corrected chi connectivity index (χ2v) is 7.43. The van der Waals surface area contributed by atoms with Gasteiger partial charge in [0.15, 0.2) is 0 Å². The van der Waals surface area contributed by atoms with Crippen molar-refractivity contribution in [1.29, 1.82) is 0 Å². The van der Waals surface area contributed by atoms with Gasteiger partial charge >= 0.3 is 0 Å². The van der Waals surface area contributed by atoms with Gasteiger partial charge in [-0.25, -0.2) is 4.39 Å². The van der Waals surface area contributed by atoms with E-state index < -0.39 is 0 Å². The standard InChI is InChI=1S/C22H30FN3O/c1-26(2)22(27-3)15-25-20-10-11-24-21(20)13-16-6-4-7-17(12-16)18-8-5-9-19(23)14-18/h4-9,12,14,20-22,24-25H,10-11,13,15H2,1-3H3/t20-,21-,22?/m0/s1. The molecule has 0 saturated carbocycles. The van der Waals surface area contributed by atoms with Crippen molar-refractivity contribution in [3.05, 3.63) is 59.9 Å². The first kappa shape index (κ1) is 20.0. The molecule has 5 heteroatoms. The largest absolute Gasteiger partial charge is 0.365 e. The second-order valence-electron chi connectivity index (χ2n) is 7.43. The molecule has 1 heterocycles. The van der Waals surface area contributed by atoms with Crippen LogP contribution < -0.4 is 10.6 Å². The number of hydrogen-bond donors (Lipinski definition) is 2. The lowest BCUT2D eigenvalue weighted by Gasteiger charge is -2.27. The lowest BCUT2D eigenvalue weighted by molar-refractivity contribution is -0.00411. The fraction of sp³-hybridized carbons (Fsp3) is 0.455. The van der Waals surface area contributed by atoms with Gasteiger partial charge in [0.1, 0.15) is 12.0 Å². The summed E-state index contributed by atoms with van der Waals surface area (Å²) in [5, 5.41) is 7.28. The summed E-state index contributed by atoms with van der Waals surface area (Å²) < 4.78 is 19.0. The first-order valence-corrected chi connectivity index (χ1v) is 9.57. The number of hydrogen-bond acceptors (Lipinski definition) is 4. The molecule has 3 rings (SSSR count). The summed E-state index contributed by atoms with van der Waals surface area (Å²) >= 11 is 0. The third-order valence-electron chi connectivity index (χ3n) is 5.29. The minimum absolute atomic E-state index is 0.0718. The number of nitrogens with zero attached hydrogens (tertiary/aromatic N) is 1. The molecule has 3 atom stereocenters. The molecule has 2 aromatic carbocycles. The van der Waals surface area contributed by atoms with Crippen LogP contribution in [0.5, 0.6) is 0 Å². The average molecular weight is 372 g/mol. The van der Waals surface area contributed by atoms with Crippen LogP contribution in [-0.2, 0) is 11.2 Å². The molecule has 0 radical (unpaired) electrons. The molecule has 0 bridgehead atoms. The fourth-order valence-corrected chi connectivity index (χ4v) is 3.76. The number of benzene rings is 2. The van der Waals surface area contributed by atoms with Crippen LogP contribution in [0.3, 0.4) is 0 Å². The van der Waals surface area contributed by atoms with E-state index in [0.717, 1.165) is 37.1 Å². The van der Waals surface area contributed by atoms with E-state index in [2.05, 4.69) is 33.7 Å². The molecule has 2 aromatic rings. The summed E-state index contributed by atoms with van der Waals surface area (Å²) in [6.45, 7) is 1.82. The van der Waals surface area contributed by atoms with Crippen LogP contribution in [0.25, 0.3) is 11.1 Å². The number of likely N-dealkylation sites (N-methyl/N-ethyl adjacent to an activating group) is 1. The molecular weight excluding hydrogens is 341 g/mol. The summed E-state index contributed by atoms with van der Waals surface area (Å²) in [6.07, 6.45) is 2.13. The Morgan fingerprint density at radius 2 is 1.93 bits per heavy atom. The Kier molecular flexibility index (Phi) is 6.96. The molecule has 0 spiro atoms. The van der Waals surface area contributed by atoms with Crippen LogP contribution in [0.4, 0.5) is 4.39 Å². The van der Waals surface area contributed by atoms with Crippen LogP contribution in [0, 0.1) is 5.82 Å². The molecule has 1 unspecified atom stereocenters. The lowest BCUT2D eigenvalue weighted by Crippen LogP contribution is -2.47. The molecule has 146 valence electrons. The lowest BCUT2D eigenvalue weighted by atomic mass is 9.97. The zero-order valence-corrected chi connectivity index (χ0v) is 16.4. The Hall–Kier alpha value is -1.79. The molecule has 27 heavy (non-hydrogen) atoms. The molecule has 4 nitrogen and oxygen atoms in total. The molecule has 0 aromatic heterocycles. The summed E-state index contributed by atoms with van der Waals surface area (Å²) in [6, 6.07) is 16.0. The van der Waals surface area contributed by atoms with Gasteiger partial charge < -0.3 is 15.4 Å². The number of ether oxygens (including phenoxy) is 1. The maximum Gasteiger partial charge on any atom is 0.123 e. The van der Waals surface area contributed by atoms with Crippen molar-refractivity contribution >= 4 is 0 Å². The van der Waals surface area contributed by atoms with E-state index in [0.29, 0.717) is 12.1 Å². The topological polar surface area (TPSA) is 36.5 Å². The summed E-state index contributed by atoms with van der Waals surface area (Å²) in [5.41, 5.74) is 3.24. The van der Waals surface area contributed by atoms with Crippen molar-refractivity contribution < 1.29 is 9.13 Å². The maximum atomic E-state index is 13.5. The van der Waals surface area contributed by atoms with Gasteiger partial charge in [-0.1, -0.05) is 36.4 Å². The number of methoxy groups -OCH3 is 1. The van der Waals surface area contributed by atoms with Gasteiger partial charge in [-0.2, -0.15) is 0 Å². The van der Waals surface area contributed by atoms with Gasteiger partial charge in [-0.15, -0.1) is 0 Å². The highest BCUT2D eigenvalue weighted by Crippen LogP contribution is 2.23. The molecule has 0 aliphatic carbocycles. The van der Waals surface area contributed by atoms with E-state index in [1.807, 2.05) is 26.2 Å². The molecule has 2 N–H and O–H groups in total. The molecule has 1 saturated heterocycles. The Morgan fingerprint density at radius 1 is 1.19 bits per heavy atom. The van der Waals surface area contributed by atoms with Crippen LogP contribution in [0.1, 0.15) is 12.0 Å². The first-order valence-electron chi connectivity index (χ1n) is 9.57. The van der Waals surface area contributed by atoms with Crippen molar-refractivity contribution in [2.75, 3.05) is 34.3 Å². The highest BCUT2D eigenvalue weighted by atomic mass is 19.1. The van der Waals surface area contributed by atoms with Crippen molar-refractivity contribution in [3.8, 4) is 11.1 Å². The van der Waals surface area contributed by atoms with E-state index in [4.69, 9.17) is 4.74 Å². The van der Waals surface area contributed by atoms with Crippen molar-refractivity contribution in [1.82, 2.24) is 15.5 Å². The highest BCUT2D eigenvalue weighted by molar-refractivity contribution is 5.64. The summed E-state index contributed by atoms with van der Waals surface area (Å²) in [4.78, 5) is 2.08. The third-order valence-corrected chi connectivity index (χ3v) is 5.29. The predicted octanol–water partition coefficient (Wildman–Crippen LogP) is 2.89. The van der Waals surface area contributed by atoms with Crippen molar-refractivity contribution in [2.45, 2.75) is 31.2 Å². The minimum atomic E-state index is -0.201. The average Bonchev–Trinajstić information content (AvgIpc) is 3.09. The normalized spacial score (nSPS) is 20.9. The van der Waals surface area contributed by atoms with Crippen LogP contribution in [0.2, 0.25) is 0 Å². The molecule has 1 aliphatic heterocycles. The van der Waals surface area contributed by atoms with Crippen LogP contribution in [-0.4, -0.2) is 57.5 Å². The van der Waals surface area contributed by atoms with Gasteiger partial charge in [0, 0.05) is 25.7 Å². The molecular formula is C22H30FN3O. The Labute approximate surface area is 161 Å². The van der Waals surface area contributed by atoms with Gasteiger partial charge in [0.2, 0.25) is 0 Å². The van der Waals surface area contributed by atoms with Gasteiger partial charge in [-0.3, -0.25) is 4.90 Å². The fourth-order valence-electron chi connectivity index (χ4n) is 3.76. The first-order chi connectivity index (χ1) is 13.1. The predicted molar refractivity (Wildman–Crippen MR) is 108 cm³/mol. The minimum Gasteiger partial charge on any atom is -0.365 e. The smallest absolute Gasteiger partial charge is 0.123 e. The monoisotopic (exact) mass is 371 g/mol. The van der Waals surface area contributed by atoms with E-state index in [-0.39, 0.29) is 12.0 Å². The Bertz CT molecular complexity index is 737. The summed E-state index contributed by atoms with van der Waals surface area (Å²) in [7, 11) is 5.80. The highest BCUT2D eigenvalue weighted by Gasteiger charge is 2.27. The van der Waals surface area contributed by atoms with Crippen molar-refractivity contribution in [3.63, 3.8) is 0 Å². The number of nitrogens with one attached hydrogen (secondary N) is 2. The third kappa shape index (κ3) is 5.36. The van der Waals surface area contributed by atoms with Crippen LogP contribution in [0.15, 0.2) is 48.5 Å². The van der Waals surface area contributed by atoms with E-state index in [9.17, 15) is 4.39 Å². The van der Waals surface area contributed by atoms with E-state index in [1.54, 1.807) is 19.2 Å². The van der Waals surface area contributed by atoms with Gasteiger partial charge in [0.25, 0.3) is 0 Å². The van der Waals surface area contributed by atoms with Crippen LogP contribution >= 0.6 is 0 Å². The van der Waals surface area contributed by atoms with Gasteiger partial charge in [0.05, 0.1) is 0 Å². The molecule has 1 aliphatic rings. The van der Waals surface area contributed by atoms with Crippen molar-refractivity contribution in [2.24, 2.45) is 0 Å². The zero-order chi connectivity index (χ0) is 19.2. The van der Waals surface area contributed by atoms with E-state index >= 15 is 0 Å². The molecule has 1 fully saturated rings. The number of rotatable bonds is 8. The Balaban J connectivity index is 1.65. The summed E-state index contributed by atoms with van der Waals surface area (Å²) in [5.74, 6) is -0.201. The maximum absolute atomic E-state index is 13.5. The van der Waals surface area contributed by atoms with Gasteiger partial charge in [-0.05, 0) is 62.3 Å². The quantitative estimate of drug-likeness (QED) is 0.700. The second kappa shape index (κ2) is 9.42. The molecule has 0 amide bonds. The van der Waals surface area contributed by atoms with E-state index in [1.165, 1.54) is 11.6 Å². The Morgan fingerprint density at radius 3 is 2.63 bits per heavy atom. The number of halogens is 1.